The maximum atomic E-state index is 6.33. The van der Waals surface area contributed by atoms with Crippen molar-refractivity contribution in [2.75, 3.05) is 14.2 Å². The van der Waals surface area contributed by atoms with E-state index in [1.165, 1.54) is 5.56 Å². The van der Waals surface area contributed by atoms with Crippen LogP contribution in [-0.4, -0.2) is 14.2 Å². The van der Waals surface area contributed by atoms with Gasteiger partial charge < -0.3 is 9.47 Å². The molecule has 0 bridgehead atoms. The normalized spacial score (nSPS) is 12.1. The first kappa shape index (κ1) is 16.7. The maximum Gasteiger partial charge on any atom is 0.145 e. The van der Waals surface area contributed by atoms with Crippen LogP contribution in [0.3, 0.4) is 0 Å². The summed E-state index contributed by atoms with van der Waals surface area (Å²) in [5.74, 6) is 1.21. The predicted molar refractivity (Wildman–Crippen MR) is 94.2 cm³/mol. The third kappa shape index (κ3) is 3.38. The van der Waals surface area contributed by atoms with Crippen LogP contribution in [0.1, 0.15) is 21.5 Å². The van der Waals surface area contributed by atoms with E-state index in [0.29, 0.717) is 16.5 Å². The highest BCUT2D eigenvalue weighted by atomic mass is 79.9. The van der Waals surface area contributed by atoms with Crippen LogP contribution in [-0.2, 0) is 0 Å². The summed E-state index contributed by atoms with van der Waals surface area (Å²) in [6.45, 7) is 2.06. The van der Waals surface area contributed by atoms with Gasteiger partial charge in [0.2, 0.25) is 0 Å². The smallest absolute Gasteiger partial charge is 0.145 e. The lowest BCUT2D eigenvalue weighted by Gasteiger charge is -2.18. The molecule has 0 aliphatic rings. The van der Waals surface area contributed by atoms with Gasteiger partial charge in [-0.15, -0.1) is 0 Å². The standard InChI is InChI=1S/C16H15Br2ClO2/c1-9-4-6-12(17)11(8-9)14(18)10-5-7-13(20-2)15(19)16(10)21-3/h4-8,14H,1-3H3. The molecule has 0 amide bonds. The van der Waals surface area contributed by atoms with Crippen LogP contribution in [0.2, 0.25) is 5.02 Å². The van der Waals surface area contributed by atoms with Crippen molar-refractivity contribution in [3.63, 3.8) is 0 Å². The molecule has 0 radical (unpaired) electrons. The molecule has 0 N–H and O–H groups in total. The Morgan fingerprint density at radius 3 is 2.38 bits per heavy atom. The van der Waals surface area contributed by atoms with Gasteiger partial charge in [-0.1, -0.05) is 67.2 Å². The number of halogens is 3. The highest BCUT2D eigenvalue weighted by Crippen LogP contribution is 2.45. The van der Waals surface area contributed by atoms with E-state index in [1.807, 2.05) is 18.2 Å². The SMILES string of the molecule is COc1ccc(C(Br)c2cc(C)ccc2Br)c(OC)c1Cl. The van der Waals surface area contributed by atoms with Crippen molar-refractivity contribution in [1.82, 2.24) is 0 Å². The number of hydrogen-bond acceptors (Lipinski definition) is 2. The van der Waals surface area contributed by atoms with Crippen molar-refractivity contribution in [3.8, 4) is 11.5 Å². The predicted octanol–water partition coefficient (Wildman–Crippen LogP) is 5.91. The third-order valence-corrected chi connectivity index (χ3v) is 5.28. The summed E-state index contributed by atoms with van der Waals surface area (Å²) >= 11 is 13.7. The second-order valence-electron chi connectivity index (χ2n) is 4.59. The van der Waals surface area contributed by atoms with E-state index in [1.54, 1.807) is 14.2 Å². The number of methoxy groups -OCH3 is 2. The minimum atomic E-state index is -0.0369. The Bertz CT molecular complexity index is 659. The zero-order chi connectivity index (χ0) is 15.6. The summed E-state index contributed by atoms with van der Waals surface area (Å²) in [5.41, 5.74) is 3.26. The Balaban J connectivity index is 2.55. The Hall–Kier alpha value is -0.710. The lowest BCUT2D eigenvalue weighted by Crippen LogP contribution is -2.00. The van der Waals surface area contributed by atoms with Gasteiger partial charge in [-0.3, -0.25) is 0 Å². The number of rotatable bonds is 4. The van der Waals surface area contributed by atoms with Gasteiger partial charge in [-0.25, -0.2) is 0 Å². The Morgan fingerprint density at radius 2 is 1.76 bits per heavy atom. The summed E-state index contributed by atoms with van der Waals surface area (Å²) in [4.78, 5) is -0.0369. The Morgan fingerprint density at radius 1 is 1.05 bits per heavy atom. The first-order valence-corrected chi connectivity index (χ1v) is 8.38. The van der Waals surface area contributed by atoms with Crippen molar-refractivity contribution in [2.24, 2.45) is 0 Å². The summed E-state index contributed by atoms with van der Waals surface area (Å²) in [5, 5.41) is 0.478. The monoisotopic (exact) mass is 432 g/mol. The van der Waals surface area contributed by atoms with E-state index in [4.69, 9.17) is 21.1 Å². The van der Waals surface area contributed by atoms with Crippen LogP contribution in [0.25, 0.3) is 0 Å². The first-order valence-electron chi connectivity index (χ1n) is 6.30. The van der Waals surface area contributed by atoms with Crippen LogP contribution < -0.4 is 9.47 Å². The summed E-state index contributed by atoms with van der Waals surface area (Å²) < 4.78 is 11.7. The molecule has 0 saturated heterocycles. The largest absolute Gasteiger partial charge is 0.495 e. The molecule has 112 valence electrons. The summed E-state index contributed by atoms with van der Waals surface area (Å²) in [6, 6.07) is 10.0. The molecule has 2 aromatic rings. The zero-order valence-electron chi connectivity index (χ0n) is 11.9. The minimum Gasteiger partial charge on any atom is -0.495 e. The van der Waals surface area contributed by atoms with Gasteiger partial charge in [0.1, 0.15) is 16.5 Å². The van der Waals surface area contributed by atoms with Crippen molar-refractivity contribution in [3.05, 3.63) is 56.5 Å². The van der Waals surface area contributed by atoms with Gasteiger partial charge in [0.05, 0.1) is 19.0 Å². The number of alkyl halides is 1. The topological polar surface area (TPSA) is 18.5 Å². The van der Waals surface area contributed by atoms with Gasteiger partial charge in [0, 0.05) is 10.0 Å². The van der Waals surface area contributed by atoms with E-state index < -0.39 is 0 Å². The van der Waals surface area contributed by atoms with E-state index in [9.17, 15) is 0 Å². The second kappa shape index (κ2) is 7.03. The van der Waals surface area contributed by atoms with E-state index in [-0.39, 0.29) is 4.83 Å². The van der Waals surface area contributed by atoms with Crippen LogP contribution in [0.5, 0.6) is 11.5 Å². The minimum absolute atomic E-state index is 0.0369. The van der Waals surface area contributed by atoms with Gasteiger partial charge in [-0.2, -0.15) is 0 Å². The molecular weight excluding hydrogens is 419 g/mol. The van der Waals surface area contributed by atoms with Crippen LogP contribution in [0.4, 0.5) is 0 Å². The number of aryl methyl sites for hydroxylation is 1. The average molecular weight is 435 g/mol. The molecule has 0 heterocycles. The number of ether oxygens (including phenoxy) is 2. The van der Waals surface area contributed by atoms with Crippen LogP contribution in [0, 0.1) is 6.92 Å². The fraction of sp³-hybridized carbons (Fsp3) is 0.250. The fourth-order valence-corrected chi connectivity index (χ4v) is 3.99. The molecule has 0 aromatic heterocycles. The first-order chi connectivity index (χ1) is 9.99. The number of hydrogen-bond donors (Lipinski definition) is 0. The van der Waals surface area contributed by atoms with Crippen LogP contribution >= 0.6 is 43.5 Å². The van der Waals surface area contributed by atoms with Crippen LogP contribution in [0.15, 0.2) is 34.8 Å². The molecule has 21 heavy (non-hydrogen) atoms. The van der Waals surface area contributed by atoms with E-state index >= 15 is 0 Å². The zero-order valence-corrected chi connectivity index (χ0v) is 15.8. The molecule has 2 aromatic carbocycles. The van der Waals surface area contributed by atoms with E-state index in [0.717, 1.165) is 15.6 Å². The van der Waals surface area contributed by atoms with Gasteiger partial charge in [-0.05, 0) is 24.6 Å². The highest BCUT2D eigenvalue weighted by Gasteiger charge is 2.21. The van der Waals surface area contributed by atoms with E-state index in [2.05, 4.69) is 50.9 Å². The van der Waals surface area contributed by atoms with Crippen molar-refractivity contribution < 1.29 is 9.47 Å². The molecule has 1 atom stereocenters. The Labute approximate surface area is 146 Å². The number of benzene rings is 2. The highest BCUT2D eigenvalue weighted by molar-refractivity contribution is 9.11. The Kier molecular flexibility index (Phi) is 5.58. The van der Waals surface area contributed by atoms with Crippen molar-refractivity contribution in [2.45, 2.75) is 11.8 Å². The molecule has 1 unspecified atom stereocenters. The van der Waals surface area contributed by atoms with Crippen molar-refractivity contribution >= 4 is 43.5 Å². The molecule has 0 spiro atoms. The third-order valence-electron chi connectivity index (χ3n) is 3.21. The average Bonchev–Trinajstić information content (AvgIpc) is 2.48. The molecule has 2 nitrogen and oxygen atoms in total. The molecule has 0 fully saturated rings. The molecule has 0 aliphatic carbocycles. The maximum absolute atomic E-state index is 6.33. The lowest BCUT2D eigenvalue weighted by atomic mass is 10.0. The second-order valence-corrected chi connectivity index (χ2v) is 6.74. The molecule has 5 heteroatoms. The fourth-order valence-electron chi connectivity index (χ4n) is 2.14. The van der Waals surface area contributed by atoms with Gasteiger partial charge >= 0.3 is 0 Å². The lowest BCUT2D eigenvalue weighted by molar-refractivity contribution is 0.392. The molecular formula is C16H15Br2ClO2. The molecule has 0 saturated carbocycles. The van der Waals surface area contributed by atoms with Gasteiger partial charge in [0.25, 0.3) is 0 Å². The molecule has 0 aliphatic heterocycles. The van der Waals surface area contributed by atoms with Crippen molar-refractivity contribution in [1.29, 1.82) is 0 Å². The summed E-state index contributed by atoms with van der Waals surface area (Å²) in [6.07, 6.45) is 0. The summed E-state index contributed by atoms with van der Waals surface area (Å²) in [7, 11) is 3.19. The van der Waals surface area contributed by atoms with Gasteiger partial charge in [0.15, 0.2) is 0 Å². The molecule has 2 rings (SSSR count). The quantitative estimate of drug-likeness (QED) is 0.557.